The molecule has 1 aromatic heterocycles. The number of benzene rings is 1. The molecule has 94 valence electrons. The van der Waals surface area contributed by atoms with Gasteiger partial charge in [-0.15, -0.1) is 0 Å². The number of hydrogen-bond donors (Lipinski definition) is 0. The summed E-state index contributed by atoms with van der Waals surface area (Å²) < 4.78 is 5.53. The SMILES string of the molecule is CC(=O)c1nc(-c2ccc(C(C)C)cc2)oc1C. The minimum atomic E-state index is -0.0682. The Morgan fingerprint density at radius 2 is 1.83 bits per heavy atom. The summed E-state index contributed by atoms with van der Waals surface area (Å²) in [5.41, 5.74) is 2.58. The van der Waals surface area contributed by atoms with E-state index < -0.39 is 0 Å². The standard InChI is InChI=1S/C15H17NO2/c1-9(2)12-5-7-13(8-6-12)15-16-14(10(3)17)11(4)18-15/h5-9H,1-4H3. The molecule has 0 aliphatic heterocycles. The van der Waals surface area contributed by atoms with Gasteiger partial charge in [0.05, 0.1) is 0 Å². The second-order valence-electron chi connectivity index (χ2n) is 4.76. The van der Waals surface area contributed by atoms with E-state index in [-0.39, 0.29) is 5.78 Å². The van der Waals surface area contributed by atoms with Crippen molar-refractivity contribution < 1.29 is 9.21 Å². The largest absolute Gasteiger partial charge is 0.441 e. The van der Waals surface area contributed by atoms with Crippen molar-refractivity contribution in [2.24, 2.45) is 0 Å². The molecule has 0 atom stereocenters. The molecule has 0 fully saturated rings. The molecule has 1 heterocycles. The Kier molecular flexibility index (Phi) is 3.32. The van der Waals surface area contributed by atoms with Crippen LogP contribution >= 0.6 is 0 Å². The summed E-state index contributed by atoms with van der Waals surface area (Å²) in [6.45, 7) is 7.56. The number of hydrogen-bond acceptors (Lipinski definition) is 3. The molecule has 0 unspecified atom stereocenters. The number of aromatic nitrogens is 1. The van der Waals surface area contributed by atoms with Gasteiger partial charge in [-0.3, -0.25) is 4.79 Å². The van der Waals surface area contributed by atoms with Crippen molar-refractivity contribution in [3.8, 4) is 11.5 Å². The van der Waals surface area contributed by atoms with Crippen molar-refractivity contribution >= 4 is 5.78 Å². The normalized spacial score (nSPS) is 10.9. The smallest absolute Gasteiger partial charge is 0.226 e. The summed E-state index contributed by atoms with van der Waals surface area (Å²) in [4.78, 5) is 15.6. The van der Waals surface area contributed by atoms with Crippen molar-refractivity contribution in [2.75, 3.05) is 0 Å². The highest BCUT2D eigenvalue weighted by atomic mass is 16.4. The molecule has 2 aromatic rings. The monoisotopic (exact) mass is 243 g/mol. The Morgan fingerprint density at radius 1 is 1.22 bits per heavy atom. The summed E-state index contributed by atoms with van der Waals surface area (Å²) in [6.07, 6.45) is 0. The number of nitrogens with zero attached hydrogens (tertiary/aromatic N) is 1. The predicted octanol–water partition coefficient (Wildman–Crippen LogP) is 3.98. The van der Waals surface area contributed by atoms with Crippen molar-refractivity contribution in [2.45, 2.75) is 33.6 Å². The van der Waals surface area contributed by atoms with E-state index in [9.17, 15) is 4.79 Å². The Balaban J connectivity index is 2.37. The fourth-order valence-corrected chi connectivity index (χ4v) is 1.86. The summed E-state index contributed by atoms with van der Waals surface area (Å²) in [6, 6.07) is 8.08. The Bertz CT molecular complexity index is 565. The van der Waals surface area contributed by atoms with Gasteiger partial charge in [0.25, 0.3) is 0 Å². The maximum Gasteiger partial charge on any atom is 0.226 e. The molecule has 0 aliphatic rings. The molecule has 3 nitrogen and oxygen atoms in total. The van der Waals surface area contributed by atoms with Crippen molar-refractivity contribution in [1.82, 2.24) is 4.98 Å². The third-order valence-electron chi connectivity index (χ3n) is 2.95. The zero-order chi connectivity index (χ0) is 13.3. The average Bonchev–Trinajstić information content (AvgIpc) is 2.71. The van der Waals surface area contributed by atoms with Crippen LogP contribution in [0.4, 0.5) is 0 Å². The minimum Gasteiger partial charge on any atom is -0.441 e. The number of ketones is 1. The van der Waals surface area contributed by atoms with Gasteiger partial charge in [-0.2, -0.15) is 0 Å². The molecule has 18 heavy (non-hydrogen) atoms. The second-order valence-corrected chi connectivity index (χ2v) is 4.76. The zero-order valence-electron chi connectivity index (χ0n) is 11.2. The lowest BCUT2D eigenvalue weighted by molar-refractivity contribution is 0.101. The lowest BCUT2D eigenvalue weighted by atomic mass is 10.0. The minimum absolute atomic E-state index is 0.0682. The van der Waals surface area contributed by atoms with Crippen molar-refractivity contribution in [1.29, 1.82) is 0 Å². The molecule has 1 aromatic carbocycles. The van der Waals surface area contributed by atoms with Gasteiger partial charge in [-0.05, 0) is 30.5 Å². The van der Waals surface area contributed by atoms with Crippen LogP contribution < -0.4 is 0 Å². The third-order valence-corrected chi connectivity index (χ3v) is 2.95. The van der Waals surface area contributed by atoms with Gasteiger partial charge in [0.2, 0.25) is 5.89 Å². The van der Waals surface area contributed by atoms with E-state index in [1.165, 1.54) is 12.5 Å². The lowest BCUT2D eigenvalue weighted by Crippen LogP contribution is -1.94. The Morgan fingerprint density at radius 3 is 2.28 bits per heavy atom. The topological polar surface area (TPSA) is 43.1 Å². The number of carbonyl (C=O) groups is 1. The van der Waals surface area contributed by atoms with Crippen molar-refractivity contribution in [3.63, 3.8) is 0 Å². The van der Waals surface area contributed by atoms with E-state index in [1.54, 1.807) is 6.92 Å². The van der Waals surface area contributed by atoms with Gasteiger partial charge in [0.1, 0.15) is 11.5 Å². The third kappa shape index (κ3) is 2.35. The summed E-state index contributed by atoms with van der Waals surface area (Å²) in [5, 5.41) is 0. The number of rotatable bonds is 3. The van der Waals surface area contributed by atoms with Crippen LogP contribution in [-0.2, 0) is 0 Å². The zero-order valence-corrected chi connectivity index (χ0v) is 11.2. The number of oxazole rings is 1. The highest BCUT2D eigenvalue weighted by Crippen LogP contribution is 2.24. The quantitative estimate of drug-likeness (QED) is 0.766. The highest BCUT2D eigenvalue weighted by molar-refractivity contribution is 5.93. The molecule has 0 N–H and O–H groups in total. The van der Waals surface area contributed by atoms with Gasteiger partial charge in [0.15, 0.2) is 5.78 Å². The van der Waals surface area contributed by atoms with Crippen molar-refractivity contribution in [3.05, 3.63) is 41.3 Å². The van der Waals surface area contributed by atoms with Gasteiger partial charge < -0.3 is 4.42 Å². The van der Waals surface area contributed by atoms with Crippen LogP contribution in [0, 0.1) is 6.92 Å². The molecular formula is C15H17NO2. The number of Topliss-reactive ketones (excluding diaryl/α,β-unsaturated/α-hetero) is 1. The van der Waals surface area contributed by atoms with E-state index in [4.69, 9.17) is 4.42 Å². The first kappa shape index (κ1) is 12.6. The van der Waals surface area contributed by atoms with Crippen LogP contribution in [0.15, 0.2) is 28.7 Å². The van der Waals surface area contributed by atoms with E-state index in [0.717, 1.165) is 5.56 Å². The molecule has 2 rings (SSSR count). The maximum atomic E-state index is 11.3. The van der Waals surface area contributed by atoms with Gasteiger partial charge in [-0.25, -0.2) is 4.98 Å². The Hall–Kier alpha value is -1.90. The summed E-state index contributed by atoms with van der Waals surface area (Å²) in [7, 11) is 0. The number of carbonyl (C=O) groups excluding carboxylic acids is 1. The summed E-state index contributed by atoms with van der Waals surface area (Å²) in [5.74, 6) is 1.51. The lowest BCUT2D eigenvalue weighted by Gasteiger charge is -2.04. The van der Waals surface area contributed by atoms with Gasteiger partial charge >= 0.3 is 0 Å². The summed E-state index contributed by atoms with van der Waals surface area (Å²) >= 11 is 0. The molecule has 0 spiro atoms. The van der Waals surface area contributed by atoms with Gasteiger partial charge in [-0.1, -0.05) is 26.0 Å². The molecule has 0 saturated carbocycles. The maximum absolute atomic E-state index is 11.3. The van der Waals surface area contributed by atoms with Gasteiger partial charge in [0, 0.05) is 12.5 Å². The second kappa shape index (κ2) is 4.77. The molecule has 0 radical (unpaired) electrons. The van der Waals surface area contributed by atoms with E-state index in [1.807, 2.05) is 12.1 Å². The predicted molar refractivity (Wildman–Crippen MR) is 70.8 cm³/mol. The fraction of sp³-hybridized carbons (Fsp3) is 0.333. The molecular weight excluding hydrogens is 226 g/mol. The van der Waals surface area contributed by atoms with Crippen LogP contribution in [-0.4, -0.2) is 10.8 Å². The molecule has 0 saturated heterocycles. The Labute approximate surface area is 107 Å². The fourth-order valence-electron chi connectivity index (χ4n) is 1.86. The van der Waals surface area contributed by atoms with E-state index in [2.05, 4.69) is 31.0 Å². The average molecular weight is 243 g/mol. The van der Waals surface area contributed by atoms with Crippen LogP contribution in [0.5, 0.6) is 0 Å². The van der Waals surface area contributed by atoms with E-state index >= 15 is 0 Å². The van der Waals surface area contributed by atoms with Crippen LogP contribution in [0.2, 0.25) is 0 Å². The van der Waals surface area contributed by atoms with Crippen LogP contribution in [0.1, 0.15) is 48.5 Å². The highest BCUT2D eigenvalue weighted by Gasteiger charge is 2.14. The first-order chi connectivity index (χ1) is 8.49. The molecule has 0 amide bonds. The first-order valence-electron chi connectivity index (χ1n) is 6.07. The van der Waals surface area contributed by atoms with Crippen LogP contribution in [0.3, 0.4) is 0 Å². The first-order valence-corrected chi connectivity index (χ1v) is 6.07. The molecule has 0 aliphatic carbocycles. The molecule has 0 bridgehead atoms. The molecule has 3 heteroatoms. The van der Waals surface area contributed by atoms with E-state index in [0.29, 0.717) is 23.3 Å². The number of aryl methyl sites for hydroxylation is 1. The van der Waals surface area contributed by atoms with Crippen LogP contribution in [0.25, 0.3) is 11.5 Å².